The van der Waals surface area contributed by atoms with Crippen molar-refractivity contribution in [2.24, 2.45) is 0 Å². The number of carbonyl (C=O) groups is 2. The van der Waals surface area contributed by atoms with Gasteiger partial charge in [-0.1, -0.05) is 18.2 Å². The van der Waals surface area contributed by atoms with E-state index in [0.717, 1.165) is 21.9 Å². The number of anilines is 2. The van der Waals surface area contributed by atoms with Crippen LogP contribution >= 0.6 is 11.8 Å². The highest BCUT2D eigenvalue weighted by atomic mass is 32.2. The van der Waals surface area contributed by atoms with E-state index in [9.17, 15) is 9.59 Å². The van der Waals surface area contributed by atoms with Crippen molar-refractivity contribution in [2.75, 3.05) is 16.0 Å². The van der Waals surface area contributed by atoms with Crippen LogP contribution < -0.4 is 10.2 Å². The van der Waals surface area contributed by atoms with Crippen molar-refractivity contribution in [3.8, 4) is 0 Å². The molecule has 0 aliphatic carbocycles. The van der Waals surface area contributed by atoms with Crippen molar-refractivity contribution in [1.29, 1.82) is 0 Å². The maximum Gasteiger partial charge on any atom is 0.258 e. The zero-order valence-electron chi connectivity index (χ0n) is 14.0. The fraction of sp³-hybridized carbons (Fsp3) is 0.263. The molecule has 5 heteroatoms. The fourth-order valence-corrected chi connectivity index (χ4v) is 3.99. The van der Waals surface area contributed by atoms with Gasteiger partial charge in [0.2, 0.25) is 5.91 Å². The maximum atomic E-state index is 13.2. The molecule has 2 aromatic carbocycles. The molecule has 1 aliphatic heterocycles. The van der Waals surface area contributed by atoms with Crippen LogP contribution in [0.1, 0.15) is 29.8 Å². The molecule has 24 heavy (non-hydrogen) atoms. The predicted molar refractivity (Wildman–Crippen MR) is 98.9 cm³/mol. The summed E-state index contributed by atoms with van der Waals surface area (Å²) < 4.78 is 0. The Bertz CT molecular complexity index is 804. The number of nitrogens with zero attached hydrogens (tertiary/aromatic N) is 1. The summed E-state index contributed by atoms with van der Waals surface area (Å²) in [4.78, 5) is 27.6. The van der Waals surface area contributed by atoms with E-state index < -0.39 is 0 Å². The Kier molecular flexibility index (Phi) is 4.62. The highest BCUT2D eigenvalue weighted by molar-refractivity contribution is 7.99. The lowest BCUT2D eigenvalue weighted by Gasteiger charge is -2.35. The minimum Gasteiger partial charge on any atom is -0.326 e. The lowest BCUT2D eigenvalue weighted by atomic mass is 10.0. The van der Waals surface area contributed by atoms with Gasteiger partial charge in [-0.15, -0.1) is 11.8 Å². The molecular weight excluding hydrogens is 320 g/mol. The van der Waals surface area contributed by atoms with E-state index in [1.54, 1.807) is 17.8 Å². The quantitative estimate of drug-likeness (QED) is 0.895. The minimum absolute atomic E-state index is 0.0278. The highest BCUT2D eigenvalue weighted by Gasteiger charge is 2.30. The third-order valence-corrected chi connectivity index (χ3v) is 5.44. The first-order valence-corrected chi connectivity index (χ1v) is 8.90. The molecule has 0 unspecified atom stereocenters. The van der Waals surface area contributed by atoms with Crippen LogP contribution in [-0.4, -0.2) is 23.6 Å². The standard InChI is InChI=1S/C19H20N2O2S/c1-12-11-24-18-10-5-4-9-17(18)21(12)19(23)15-7-6-8-16(13(15)2)20-14(3)22/h4-10,12H,11H2,1-3H3,(H,20,22)/t12-/m1/s1. The molecule has 0 saturated carbocycles. The number of carbonyl (C=O) groups excluding carboxylic acids is 2. The monoisotopic (exact) mass is 340 g/mol. The third-order valence-electron chi connectivity index (χ3n) is 4.14. The number of hydrogen-bond donors (Lipinski definition) is 1. The largest absolute Gasteiger partial charge is 0.326 e. The van der Waals surface area contributed by atoms with Crippen LogP contribution in [0.15, 0.2) is 47.4 Å². The van der Waals surface area contributed by atoms with Crippen LogP contribution in [0, 0.1) is 6.92 Å². The summed E-state index contributed by atoms with van der Waals surface area (Å²) in [5.74, 6) is 0.698. The summed E-state index contributed by atoms with van der Waals surface area (Å²) in [5, 5.41) is 2.79. The Morgan fingerprint density at radius 2 is 1.92 bits per heavy atom. The summed E-state index contributed by atoms with van der Waals surface area (Å²) in [7, 11) is 0. The van der Waals surface area contributed by atoms with Crippen LogP contribution in [0.4, 0.5) is 11.4 Å². The van der Waals surface area contributed by atoms with E-state index in [-0.39, 0.29) is 17.9 Å². The number of hydrogen-bond acceptors (Lipinski definition) is 3. The van der Waals surface area contributed by atoms with Gasteiger partial charge >= 0.3 is 0 Å². The second-order valence-electron chi connectivity index (χ2n) is 5.96. The molecule has 0 saturated heterocycles. The lowest BCUT2D eigenvalue weighted by Crippen LogP contribution is -2.42. The highest BCUT2D eigenvalue weighted by Crippen LogP contribution is 2.38. The number of amides is 2. The molecule has 1 aliphatic rings. The first-order valence-electron chi connectivity index (χ1n) is 7.91. The van der Waals surface area contributed by atoms with Crippen molar-refractivity contribution >= 4 is 35.0 Å². The number of thioether (sulfide) groups is 1. The van der Waals surface area contributed by atoms with Crippen molar-refractivity contribution in [1.82, 2.24) is 0 Å². The van der Waals surface area contributed by atoms with Gasteiger partial charge in [-0.2, -0.15) is 0 Å². The minimum atomic E-state index is -0.143. The molecule has 3 rings (SSSR count). The summed E-state index contributed by atoms with van der Waals surface area (Å²) >= 11 is 1.78. The number of para-hydroxylation sites is 1. The van der Waals surface area contributed by atoms with Gasteiger partial charge in [-0.25, -0.2) is 0 Å². The average molecular weight is 340 g/mol. The van der Waals surface area contributed by atoms with Crippen LogP contribution in [0.5, 0.6) is 0 Å². The van der Waals surface area contributed by atoms with Crippen molar-refractivity contribution < 1.29 is 9.59 Å². The van der Waals surface area contributed by atoms with E-state index in [1.165, 1.54) is 6.92 Å². The van der Waals surface area contributed by atoms with Crippen molar-refractivity contribution in [3.05, 3.63) is 53.6 Å². The van der Waals surface area contributed by atoms with Crippen molar-refractivity contribution in [3.63, 3.8) is 0 Å². The topological polar surface area (TPSA) is 49.4 Å². The molecule has 0 spiro atoms. The van der Waals surface area contributed by atoms with Gasteiger partial charge in [-0.05, 0) is 43.7 Å². The smallest absolute Gasteiger partial charge is 0.258 e. The van der Waals surface area contributed by atoms with Crippen LogP contribution in [-0.2, 0) is 4.79 Å². The predicted octanol–water partition coefficient (Wildman–Crippen LogP) is 4.09. The first-order chi connectivity index (χ1) is 11.5. The Morgan fingerprint density at radius 1 is 1.17 bits per heavy atom. The molecule has 0 radical (unpaired) electrons. The summed E-state index contributed by atoms with van der Waals surface area (Å²) in [5.41, 5.74) is 3.05. The molecule has 0 aromatic heterocycles. The second-order valence-corrected chi connectivity index (χ2v) is 7.02. The van der Waals surface area contributed by atoms with Gasteiger partial charge < -0.3 is 10.2 Å². The zero-order valence-corrected chi connectivity index (χ0v) is 14.8. The van der Waals surface area contributed by atoms with Gasteiger partial charge in [0.05, 0.1) is 5.69 Å². The van der Waals surface area contributed by atoms with E-state index >= 15 is 0 Å². The Labute approximate surface area is 146 Å². The molecule has 1 heterocycles. The van der Waals surface area contributed by atoms with Gasteiger partial charge in [-0.3, -0.25) is 9.59 Å². The number of nitrogens with one attached hydrogen (secondary N) is 1. The molecule has 2 aromatic rings. The maximum absolute atomic E-state index is 13.2. The van der Waals surface area contributed by atoms with Gasteiger partial charge in [0.25, 0.3) is 5.91 Å². The molecule has 1 atom stereocenters. The van der Waals surface area contributed by atoms with Crippen LogP contribution in [0.3, 0.4) is 0 Å². The Morgan fingerprint density at radius 3 is 2.67 bits per heavy atom. The van der Waals surface area contributed by atoms with Crippen LogP contribution in [0.2, 0.25) is 0 Å². The van der Waals surface area contributed by atoms with E-state index in [4.69, 9.17) is 0 Å². The zero-order chi connectivity index (χ0) is 17.3. The first kappa shape index (κ1) is 16.6. The normalized spacial score (nSPS) is 16.5. The molecule has 1 N–H and O–H groups in total. The van der Waals surface area contributed by atoms with Crippen LogP contribution in [0.25, 0.3) is 0 Å². The van der Waals surface area contributed by atoms with Gasteiger partial charge in [0, 0.05) is 34.9 Å². The van der Waals surface area contributed by atoms with Gasteiger partial charge in [0.1, 0.15) is 0 Å². The summed E-state index contributed by atoms with van der Waals surface area (Å²) in [6, 6.07) is 13.5. The van der Waals surface area contributed by atoms with E-state index in [2.05, 4.69) is 12.2 Å². The third kappa shape index (κ3) is 3.04. The second kappa shape index (κ2) is 6.69. The summed E-state index contributed by atoms with van der Waals surface area (Å²) in [6.07, 6.45) is 0. The molecule has 2 amide bonds. The average Bonchev–Trinajstić information content (AvgIpc) is 2.56. The Hall–Kier alpha value is -2.27. The fourth-order valence-electron chi connectivity index (χ4n) is 2.93. The van der Waals surface area contributed by atoms with Crippen molar-refractivity contribution in [2.45, 2.75) is 31.7 Å². The van der Waals surface area contributed by atoms with Gasteiger partial charge in [0.15, 0.2) is 0 Å². The number of rotatable bonds is 2. The number of fused-ring (bicyclic) bond motifs is 1. The molecule has 4 nitrogen and oxygen atoms in total. The summed E-state index contributed by atoms with van der Waals surface area (Å²) in [6.45, 7) is 5.40. The molecule has 124 valence electrons. The Balaban J connectivity index is 2.02. The van der Waals surface area contributed by atoms with E-state index in [0.29, 0.717) is 11.3 Å². The number of benzene rings is 2. The SMILES string of the molecule is CC(=O)Nc1cccc(C(=O)N2c3ccccc3SC[C@H]2C)c1C. The molecular formula is C19H20N2O2S. The lowest BCUT2D eigenvalue weighted by molar-refractivity contribution is -0.114. The van der Waals surface area contributed by atoms with E-state index in [1.807, 2.05) is 48.2 Å². The molecule has 0 fully saturated rings. The molecule has 0 bridgehead atoms.